The standard InChI is InChI=1S/C23H22Cl2N4O3S/c1-3-33(31,32)28-19-13-9-17(10-14-19)22(16-7-11-18(24)12-8-16)27-29(23(26)30)21-6-4-5-20(25)15(21)2/h4-14,28H,3H2,1-2H3,(H2,26,30)/b27-22+. The summed E-state index contributed by atoms with van der Waals surface area (Å²) in [5.74, 6) is -0.0429. The monoisotopic (exact) mass is 504 g/mol. The van der Waals surface area contributed by atoms with Gasteiger partial charge in [-0.25, -0.2) is 13.2 Å². The van der Waals surface area contributed by atoms with Crippen molar-refractivity contribution in [3.63, 3.8) is 0 Å². The smallest absolute Gasteiger partial charge is 0.340 e. The fraction of sp³-hybridized carbons (Fsp3) is 0.130. The number of carbonyl (C=O) groups excluding carboxylic acids is 1. The van der Waals surface area contributed by atoms with Crippen LogP contribution in [0.3, 0.4) is 0 Å². The van der Waals surface area contributed by atoms with Crippen molar-refractivity contribution in [1.29, 1.82) is 0 Å². The number of amides is 2. The number of hydrogen-bond donors (Lipinski definition) is 2. The van der Waals surface area contributed by atoms with Crippen LogP contribution in [0.15, 0.2) is 71.8 Å². The van der Waals surface area contributed by atoms with Gasteiger partial charge in [-0.15, -0.1) is 0 Å². The molecule has 0 aliphatic heterocycles. The van der Waals surface area contributed by atoms with E-state index < -0.39 is 16.1 Å². The van der Waals surface area contributed by atoms with Gasteiger partial charge in [0.25, 0.3) is 0 Å². The minimum Gasteiger partial charge on any atom is -0.350 e. The van der Waals surface area contributed by atoms with Crippen LogP contribution in [-0.2, 0) is 10.0 Å². The molecule has 3 N–H and O–H groups in total. The number of nitrogens with two attached hydrogens (primary N) is 1. The van der Waals surface area contributed by atoms with Gasteiger partial charge in [-0.1, -0.05) is 53.5 Å². The quantitative estimate of drug-likeness (QED) is 0.332. The lowest BCUT2D eigenvalue weighted by molar-refractivity contribution is 0.254. The second-order valence-electron chi connectivity index (χ2n) is 7.07. The Labute approximate surface area is 202 Å². The zero-order valence-electron chi connectivity index (χ0n) is 17.9. The largest absolute Gasteiger partial charge is 0.350 e. The van der Waals surface area contributed by atoms with E-state index in [0.717, 1.165) is 5.01 Å². The molecule has 3 rings (SSSR count). The normalized spacial score (nSPS) is 11.8. The number of urea groups is 1. The molecule has 172 valence electrons. The van der Waals surface area contributed by atoms with E-state index in [2.05, 4.69) is 9.82 Å². The lowest BCUT2D eigenvalue weighted by atomic mass is 10.0. The minimum absolute atomic E-state index is 0.0429. The lowest BCUT2D eigenvalue weighted by Gasteiger charge is -2.20. The number of hydrazone groups is 1. The predicted octanol–water partition coefficient (Wildman–Crippen LogP) is 5.40. The van der Waals surface area contributed by atoms with Gasteiger partial charge >= 0.3 is 6.03 Å². The summed E-state index contributed by atoms with van der Waals surface area (Å²) in [6, 6.07) is 17.9. The average molecular weight is 505 g/mol. The summed E-state index contributed by atoms with van der Waals surface area (Å²) in [7, 11) is -3.41. The molecule has 0 spiro atoms. The third-order valence-corrected chi connectivity index (χ3v) is 6.77. The molecule has 0 aliphatic rings. The molecule has 0 aliphatic carbocycles. The number of benzene rings is 3. The highest BCUT2D eigenvalue weighted by Gasteiger charge is 2.19. The Kier molecular flexibility index (Phi) is 7.63. The predicted molar refractivity (Wildman–Crippen MR) is 135 cm³/mol. The first kappa shape index (κ1) is 24.6. The Morgan fingerprint density at radius 2 is 1.58 bits per heavy atom. The zero-order valence-corrected chi connectivity index (χ0v) is 20.2. The van der Waals surface area contributed by atoms with Crippen molar-refractivity contribution in [2.24, 2.45) is 10.8 Å². The molecule has 10 heteroatoms. The molecule has 0 fully saturated rings. The van der Waals surface area contributed by atoms with Crippen molar-refractivity contribution in [3.05, 3.63) is 93.5 Å². The average Bonchev–Trinajstić information content (AvgIpc) is 2.78. The third-order valence-electron chi connectivity index (χ3n) is 4.81. The van der Waals surface area contributed by atoms with E-state index in [0.29, 0.717) is 43.8 Å². The van der Waals surface area contributed by atoms with Gasteiger partial charge in [-0.2, -0.15) is 10.1 Å². The number of anilines is 2. The van der Waals surface area contributed by atoms with Gasteiger partial charge < -0.3 is 5.73 Å². The van der Waals surface area contributed by atoms with Crippen LogP contribution in [0.25, 0.3) is 0 Å². The fourth-order valence-electron chi connectivity index (χ4n) is 2.99. The fourth-order valence-corrected chi connectivity index (χ4v) is 3.92. The highest BCUT2D eigenvalue weighted by atomic mass is 35.5. The van der Waals surface area contributed by atoms with E-state index in [4.69, 9.17) is 28.9 Å². The first-order valence-electron chi connectivity index (χ1n) is 9.91. The van der Waals surface area contributed by atoms with Crippen molar-refractivity contribution in [2.45, 2.75) is 13.8 Å². The molecule has 0 radical (unpaired) electrons. The molecule has 0 aromatic heterocycles. The second kappa shape index (κ2) is 10.2. The number of hydrogen-bond acceptors (Lipinski definition) is 4. The van der Waals surface area contributed by atoms with Crippen molar-refractivity contribution in [3.8, 4) is 0 Å². The van der Waals surface area contributed by atoms with Crippen LogP contribution in [0.5, 0.6) is 0 Å². The lowest BCUT2D eigenvalue weighted by Crippen LogP contribution is -2.33. The highest BCUT2D eigenvalue weighted by molar-refractivity contribution is 7.92. The SMILES string of the molecule is CCS(=O)(=O)Nc1ccc(/C(=N/N(C(N)=O)c2cccc(Cl)c2C)c2ccc(Cl)cc2)cc1. The van der Waals surface area contributed by atoms with Crippen molar-refractivity contribution in [2.75, 3.05) is 15.5 Å². The number of carbonyl (C=O) groups is 1. The molecular weight excluding hydrogens is 483 g/mol. The molecule has 0 saturated heterocycles. The van der Waals surface area contributed by atoms with E-state index in [9.17, 15) is 13.2 Å². The summed E-state index contributed by atoms with van der Waals surface area (Å²) in [6.45, 7) is 3.32. The molecule has 3 aromatic rings. The van der Waals surface area contributed by atoms with Crippen LogP contribution in [0.2, 0.25) is 10.0 Å². The van der Waals surface area contributed by atoms with E-state index >= 15 is 0 Å². The van der Waals surface area contributed by atoms with Gasteiger partial charge in [0.1, 0.15) is 0 Å². The number of primary amides is 1. The number of rotatable bonds is 7. The Hall–Kier alpha value is -3.07. The van der Waals surface area contributed by atoms with Gasteiger partial charge in [0.2, 0.25) is 10.0 Å². The molecule has 0 atom stereocenters. The Bertz CT molecular complexity index is 1290. The Morgan fingerprint density at radius 3 is 2.12 bits per heavy atom. The summed E-state index contributed by atoms with van der Waals surface area (Å²) in [5, 5.41) is 6.66. The molecule has 0 saturated carbocycles. The molecular formula is C23H22Cl2N4O3S. The summed E-state index contributed by atoms with van der Waals surface area (Å²) >= 11 is 12.3. The van der Waals surface area contributed by atoms with Crippen LogP contribution in [0, 0.1) is 6.92 Å². The van der Waals surface area contributed by atoms with Gasteiger partial charge in [-0.05, 0) is 55.8 Å². The number of halogens is 2. The van der Waals surface area contributed by atoms with Gasteiger partial charge in [0.05, 0.1) is 17.2 Å². The summed E-state index contributed by atoms with van der Waals surface area (Å²) in [6.07, 6.45) is 0. The molecule has 2 amide bonds. The molecule has 0 heterocycles. The van der Waals surface area contributed by atoms with Crippen molar-refractivity contribution in [1.82, 2.24) is 0 Å². The van der Waals surface area contributed by atoms with Crippen LogP contribution in [0.1, 0.15) is 23.6 Å². The zero-order chi connectivity index (χ0) is 24.2. The van der Waals surface area contributed by atoms with Gasteiger partial charge in [0, 0.05) is 26.9 Å². The highest BCUT2D eigenvalue weighted by Crippen LogP contribution is 2.28. The second-order valence-corrected chi connectivity index (χ2v) is 9.93. The number of sulfonamides is 1. The van der Waals surface area contributed by atoms with E-state index in [1.54, 1.807) is 80.6 Å². The summed E-state index contributed by atoms with van der Waals surface area (Å²) in [5.41, 5.74) is 8.88. The van der Waals surface area contributed by atoms with Crippen LogP contribution in [-0.4, -0.2) is 25.9 Å². The minimum atomic E-state index is -3.41. The molecule has 7 nitrogen and oxygen atoms in total. The van der Waals surface area contributed by atoms with Crippen LogP contribution in [0.4, 0.5) is 16.2 Å². The topological polar surface area (TPSA) is 105 Å². The molecule has 0 unspecified atom stereocenters. The first-order valence-corrected chi connectivity index (χ1v) is 12.3. The third kappa shape index (κ3) is 6.04. The molecule has 0 bridgehead atoms. The number of nitrogens with one attached hydrogen (secondary N) is 1. The van der Waals surface area contributed by atoms with Crippen molar-refractivity contribution >= 4 is 56.3 Å². The van der Waals surface area contributed by atoms with E-state index in [-0.39, 0.29) is 5.75 Å². The maximum Gasteiger partial charge on any atom is 0.340 e. The summed E-state index contributed by atoms with van der Waals surface area (Å²) in [4.78, 5) is 12.4. The number of nitrogens with zero attached hydrogens (tertiary/aromatic N) is 2. The van der Waals surface area contributed by atoms with Gasteiger partial charge in [-0.3, -0.25) is 4.72 Å². The Balaban J connectivity index is 2.13. The summed E-state index contributed by atoms with van der Waals surface area (Å²) < 4.78 is 26.2. The van der Waals surface area contributed by atoms with Crippen LogP contribution >= 0.6 is 23.2 Å². The van der Waals surface area contributed by atoms with E-state index in [1.807, 2.05) is 0 Å². The maximum absolute atomic E-state index is 12.4. The first-order chi connectivity index (χ1) is 15.6. The molecule has 33 heavy (non-hydrogen) atoms. The van der Waals surface area contributed by atoms with E-state index in [1.165, 1.54) is 0 Å². The molecule has 3 aromatic carbocycles. The van der Waals surface area contributed by atoms with Crippen LogP contribution < -0.4 is 15.5 Å². The Morgan fingerprint density at radius 1 is 1.00 bits per heavy atom. The van der Waals surface area contributed by atoms with Crippen molar-refractivity contribution < 1.29 is 13.2 Å². The maximum atomic E-state index is 12.4. The van der Waals surface area contributed by atoms with Gasteiger partial charge in [0.15, 0.2) is 0 Å².